The number of nitrogens with one attached hydrogen (secondary N) is 3. The van der Waals surface area contributed by atoms with Crippen LogP contribution in [0.4, 0.5) is 0 Å². The van der Waals surface area contributed by atoms with E-state index in [0.717, 1.165) is 23.3 Å². The second-order valence-electron chi connectivity index (χ2n) is 13.4. The van der Waals surface area contributed by atoms with Crippen LogP contribution in [0.25, 0.3) is 0 Å². The lowest BCUT2D eigenvalue weighted by molar-refractivity contribution is -0.161. The van der Waals surface area contributed by atoms with Gasteiger partial charge in [0.05, 0.1) is 22.6 Å². The van der Waals surface area contributed by atoms with E-state index in [1.165, 1.54) is 38.7 Å². The fourth-order valence-electron chi connectivity index (χ4n) is 5.23. The number of nitrogens with zero attached hydrogens (tertiary/aromatic N) is 6. The number of unbranched alkanes of at least 4 members (excludes halogenated alkanes) is 1. The Morgan fingerprint density at radius 2 is 1.92 bits per heavy atom. The van der Waals surface area contributed by atoms with Crippen LogP contribution in [-0.4, -0.2) is 130 Å². The van der Waals surface area contributed by atoms with Crippen molar-refractivity contribution in [3.63, 3.8) is 0 Å². The number of amides is 4. The zero-order chi connectivity index (χ0) is 43.8. The molecule has 59 heavy (non-hydrogen) atoms. The number of thioether (sulfide) groups is 1. The van der Waals surface area contributed by atoms with Crippen molar-refractivity contribution < 1.29 is 54.1 Å². The Kier molecular flexibility index (Phi) is 14.8. The number of aromatic hydroxyl groups is 1. The van der Waals surface area contributed by atoms with Gasteiger partial charge in [0, 0.05) is 49.5 Å². The minimum Gasteiger partial charge on any atom is -0.503 e. The molecule has 0 aliphatic carbocycles. The Morgan fingerprint density at radius 3 is 2.58 bits per heavy atom. The SMILES string of the molecule is CCC/C=C(\N)S/N=C(C)/C(=N/OC(C)(C)C(=O)O)C(=O)N[C@@H]1C(=O)N2C(C(=O)O)=C(CN3C=C(NC(=O)CCNC(=O)c4cc(=O)c(O)cn4O)C(N)=NC3)CSC12. The quantitative estimate of drug-likeness (QED) is 0.0286. The van der Waals surface area contributed by atoms with Crippen molar-refractivity contribution in [2.45, 2.75) is 64.0 Å². The summed E-state index contributed by atoms with van der Waals surface area (Å²) in [6.07, 6.45) is 5.07. The maximum atomic E-state index is 13.5. The highest BCUT2D eigenvalue weighted by Crippen LogP contribution is 2.40. The first-order valence-electron chi connectivity index (χ1n) is 17.6. The average Bonchev–Trinajstić information content (AvgIpc) is 3.17. The maximum Gasteiger partial charge on any atom is 0.352 e. The Bertz CT molecular complexity index is 2160. The van der Waals surface area contributed by atoms with Gasteiger partial charge in [-0.15, -0.1) is 11.8 Å². The van der Waals surface area contributed by atoms with Crippen molar-refractivity contribution in [3.8, 4) is 5.75 Å². The number of hydrogen-bond donors (Lipinski definition) is 9. The number of β-lactam (4-membered cyclic amide) rings is 1. The van der Waals surface area contributed by atoms with Crippen LogP contribution in [0.2, 0.25) is 0 Å². The lowest BCUT2D eigenvalue weighted by Gasteiger charge is -2.49. The molecule has 1 fully saturated rings. The highest BCUT2D eigenvalue weighted by atomic mass is 32.2. The lowest BCUT2D eigenvalue weighted by atomic mass is 10.0. The summed E-state index contributed by atoms with van der Waals surface area (Å²) < 4.78 is 4.47. The van der Waals surface area contributed by atoms with Crippen LogP contribution in [0.3, 0.4) is 0 Å². The van der Waals surface area contributed by atoms with Crippen LogP contribution < -0.4 is 32.8 Å². The molecule has 4 rings (SSSR count). The topological polar surface area (TPSA) is 346 Å². The molecule has 23 nitrogen and oxygen atoms in total. The summed E-state index contributed by atoms with van der Waals surface area (Å²) in [6, 6.07) is -0.482. The van der Waals surface area contributed by atoms with Crippen molar-refractivity contribution in [2.75, 3.05) is 25.5 Å². The minimum absolute atomic E-state index is 0.000814. The fraction of sp³-hybridized carbons (Fsp3) is 0.412. The first-order valence-corrected chi connectivity index (χ1v) is 19.4. The number of oxime groups is 1. The van der Waals surface area contributed by atoms with Crippen molar-refractivity contribution in [3.05, 3.63) is 62.5 Å². The standard InChI is InChI=1S/C34H43N11O12S2/c1-5-6-7-22(35)59-42-16(2)24(41-57-34(3,4)33(54)55)29(50)40-25-30(51)45-26(32(52)53)17(14-58-31(25)45)11-43-12-18(27(36)38-15-43)39-23(48)8-9-37-28(49)19-10-20(46)21(47)13-44(19)56/h7,10,12-13,25,31,47,56H,5-6,8-9,11,14-15,35H2,1-4H3,(H2,36,38)(H,37,49)(H,39,48)(H,40,50)(H,52,53)(H,54,55)/b22-7+,41-24-,42-16+/t25-,31?/m1/s1. The number of aliphatic imine (C=N–C) groups is 1. The molecule has 0 radical (unpaired) electrons. The van der Waals surface area contributed by atoms with Crippen molar-refractivity contribution in [1.29, 1.82) is 0 Å². The normalized spacial score (nSPS) is 18.6. The molecule has 3 aliphatic heterocycles. The molecule has 11 N–H and O–H groups in total. The minimum atomic E-state index is -1.84. The fourth-order valence-corrected chi connectivity index (χ4v) is 7.08. The second-order valence-corrected chi connectivity index (χ2v) is 15.4. The molecule has 25 heteroatoms. The van der Waals surface area contributed by atoms with Crippen molar-refractivity contribution in [2.24, 2.45) is 26.0 Å². The Morgan fingerprint density at radius 1 is 1.20 bits per heavy atom. The third kappa shape index (κ3) is 11.1. The largest absolute Gasteiger partial charge is 0.503 e. The number of fused-ring (bicyclic) bond motifs is 1. The van der Waals surface area contributed by atoms with E-state index in [1.54, 1.807) is 11.0 Å². The highest BCUT2D eigenvalue weighted by molar-refractivity contribution is 8.02. The predicted octanol–water partition coefficient (Wildman–Crippen LogP) is -0.817. The first-order chi connectivity index (χ1) is 27.7. The van der Waals surface area contributed by atoms with Gasteiger partial charge in [-0.3, -0.25) is 28.9 Å². The van der Waals surface area contributed by atoms with Crippen LogP contribution in [0.1, 0.15) is 57.4 Å². The van der Waals surface area contributed by atoms with Gasteiger partial charge in [-0.2, -0.15) is 4.73 Å². The van der Waals surface area contributed by atoms with Crippen molar-refractivity contribution >= 4 is 76.5 Å². The molecule has 3 aliphatic rings. The highest BCUT2D eigenvalue weighted by Gasteiger charge is 2.54. The predicted molar refractivity (Wildman–Crippen MR) is 214 cm³/mol. The van der Waals surface area contributed by atoms with E-state index in [-0.39, 0.29) is 59.6 Å². The summed E-state index contributed by atoms with van der Waals surface area (Å²) in [4.78, 5) is 99.9. The Balaban J connectivity index is 1.43. The summed E-state index contributed by atoms with van der Waals surface area (Å²) in [7, 11) is 0. The number of nitrogens with two attached hydrogens (primary N) is 2. The van der Waals surface area contributed by atoms with E-state index < -0.39 is 75.2 Å². The zero-order valence-electron chi connectivity index (χ0n) is 32.1. The second kappa shape index (κ2) is 19.3. The van der Waals surface area contributed by atoms with Gasteiger partial charge in [-0.1, -0.05) is 24.6 Å². The molecule has 1 aromatic rings. The lowest BCUT2D eigenvalue weighted by Crippen LogP contribution is -2.71. The number of amidine groups is 1. The summed E-state index contributed by atoms with van der Waals surface area (Å²) in [5, 5.41) is 49.6. The number of allylic oxidation sites excluding steroid dienone is 1. The van der Waals surface area contributed by atoms with Gasteiger partial charge < -0.3 is 57.7 Å². The number of pyridine rings is 1. The monoisotopic (exact) mass is 861 g/mol. The van der Waals surface area contributed by atoms with E-state index in [9.17, 15) is 54.1 Å². The van der Waals surface area contributed by atoms with E-state index in [0.29, 0.717) is 29.3 Å². The Hall–Kier alpha value is -6.50. The van der Waals surface area contributed by atoms with Gasteiger partial charge in [0.1, 0.15) is 35.3 Å². The number of rotatable bonds is 18. The van der Waals surface area contributed by atoms with E-state index in [2.05, 4.69) is 30.5 Å². The number of carboxylic acid groups (broad SMARTS) is 2. The van der Waals surface area contributed by atoms with Gasteiger partial charge in [-0.05, 0) is 32.8 Å². The summed E-state index contributed by atoms with van der Waals surface area (Å²) in [6.45, 7) is 5.50. The summed E-state index contributed by atoms with van der Waals surface area (Å²) >= 11 is 2.03. The third-order valence-electron chi connectivity index (χ3n) is 8.46. The first kappa shape index (κ1) is 45.2. The van der Waals surface area contributed by atoms with Gasteiger partial charge >= 0.3 is 11.9 Å². The molecule has 0 spiro atoms. The van der Waals surface area contributed by atoms with Gasteiger partial charge in [0.25, 0.3) is 17.7 Å². The summed E-state index contributed by atoms with van der Waals surface area (Å²) in [5.74, 6) is -6.66. The molecular weight excluding hydrogens is 819 g/mol. The number of carbonyl (C=O) groups is 6. The van der Waals surface area contributed by atoms with Gasteiger partial charge in [0.2, 0.25) is 16.9 Å². The molecular formula is C34H43N11O12S2. The zero-order valence-corrected chi connectivity index (χ0v) is 33.8. The van der Waals surface area contributed by atoms with Crippen LogP contribution in [-0.2, 0) is 28.8 Å². The third-order valence-corrected chi connectivity index (χ3v) is 10.5. The molecule has 1 saturated heterocycles. The van der Waals surface area contributed by atoms with Gasteiger partial charge in [-0.25, -0.2) is 19.0 Å². The number of aliphatic carboxylic acids is 2. The molecule has 0 bridgehead atoms. The molecule has 2 atom stereocenters. The number of carbonyl (C=O) groups excluding carboxylic acids is 4. The average molecular weight is 862 g/mol. The molecule has 0 aromatic carbocycles. The number of carboxylic acids is 2. The van der Waals surface area contributed by atoms with E-state index >= 15 is 0 Å². The Labute approximate surface area is 344 Å². The van der Waals surface area contributed by atoms with Crippen LogP contribution >= 0.6 is 23.7 Å². The molecule has 1 aromatic heterocycles. The van der Waals surface area contributed by atoms with E-state index in [1.807, 2.05) is 6.92 Å². The summed E-state index contributed by atoms with van der Waals surface area (Å²) in [5.41, 5.74) is 8.38. The van der Waals surface area contributed by atoms with Crippen LogP contribution in [0.15, 0.2) is 65.9 Å². The number of hydrogen-bond acceptors (Lipinski definition) is 18. The molecule has 318 valence electrons. The molecule has 0 saturated carbocycles. The van der Waals surface area contributed by atoms with Crippen LogP contribution in [0.5, 0.6) is 5.75 Å². The molecule has 4 heterocycles. The van der Waals surface area contributed by atoms with Crippen LogP contribution in [0, 0.1) is 0 Å². The molecule has 1 unspecified atom stereocenters. The molecule has 4 amide bonds. The maximum absolute atomic E-state index is 13.5. The van der Waals surface area contributed by atoms with Crippen molar-refractivity contribution in [1.82, 2.24) is 30.5 Å². The van der Waals surface area contributed by atoms with E-state index in [4.69, 9.17) is 16.3 Å². The van der Waals surface area contributed by atoms with Gasteiger partial charge in [0.15, 0.2) is 11.5 Å². The number of aromatic nitrogens is 1. The smallest absolute Gasteiger partial charge is 0.352 e.